The third-order valence-corrected chi connectivity index (χ3v) is 9.46. The van der Waals surface area contributed by atoms with Gasteiger partial charge in [-0.1, -0.05) is 133 Å². The molecule has 1 aliphatic rings. The number of para-hydroxylation sites is 4. The number of benzene rings is 6. The Morgan fingerprint density at radius 1 is 0.389 bits per heavy atom. The Balaban J connectivity index is 1.32. The number of allylic oxidation sites excluding steroid dienone is 4. The lowest BCUT2D eigenvalue weighted by Crippen LogP contribution is -2.18. The van der Waals surface area contributed by atoms with Crippen molar-refractivity contribution in [2.75, 3.05) is 10.6 Å². The summed E-state index contributed by atoms with van der Waals surface area (Å²) in [7, 11) is 0. The van der Waals surface area contributed by atoms with Gasteiger partial charge in [0.1, 0.15) is 0 Å². The second kappa shape index (κ2) is 15.8. The Kier molecular flexibility index (Phi) is 10.4. The molecule has 0 saturated carbocycles. The van der Waals surface area contributed by atoms with Crippen LogP contribution < -0.4 is 10.6 Å². The van der Waals surface area contributed by atoms with Gasteiger partial charge in [0.05, 0.1) is 45.3 Å². The molecule has 0 aromatic heterocycles. The molecule has 264 valence electrons. The van der Waals surface area contributed by atoms with E-state index in [4.69, 9.17) is 9.98 Å². The molecule has 0 aliphatic carbocycles. The standard InChI is InChI=1S/C48H40N4O2/c1-31-45(47(53)39-27-23-37(24-28-39)35-15-7-5-8-16-35)32(2)50-43-21-13-14-22-44(43)52-34(4)46(33(3)51-42-20-12-11-19-41(42)49-31)48(54)40-29-25-38(26-30-40)36-17-9-6-10-18-36/h5-30,49,52H,1-4H3/b45-31+,46-34+,50-32?,51-33?. The molecular weight excluding hydrogens is 665 g/mol. The van der Waals surface area contributed by atoms with E-state index < -0.39 is 0 Å². The van der Waals surface area contributed by atoms with Crippen molar-refractivity contribution < 1.29 is 9.59 Å². The number of fused-ring (bicyclic) bond motifs is 2. The Hall–Kier alpha value is -6.92. The topological polar surface area (TPSA) is 82.9 Å². The molecule has 6 aromatic carbocycles. The van der Waals surface area contributed by atoms with E-state index in [0.717, 1.165) is 22.3 Å². The summed E-state index contributed by atoms with van der Waals surface area (Å²) in [4.78, 5) is 38.9. The number of nitrogens with zero attached hydrogens (tertiary/aromatic N) is 2. The molecule has 2 N–H and O–H groups in total. The average molecular weight is 705 g/mol. The number of hydrogen-bond donors (Lipinski definition) is 2. The average Bonchev–Trinajstić information content (AvgIpc) is 3.20. The number of Topliss-reactive ketones (excluding diaryl/α,β-unsaturated/α-hetero) is 2. The molecule has 0 fully saturated rings. The molecule has 0 amide bonds. The van der Waals surface area contributed by atoms with Gasteiger partial charge >= 0.3 is 0 Å². The van der Waals surface area contributed by atoms with Gasteiger partial charge in [0.25, 0.3) is 0 Å². The summed E-state index contributed by atoms with van der Waals surface area (Å²) in [5.41, 5.74) is 11.2. The number of ketones is 2. The Bertz CT molecular complexity index is 2300. The molecule has 1 aliphatic heterocycles. The maximum Gasteiger partial charge on any atom is 0.196 e. The van der Waals surface area contributed by atoms with E-state index in [1.807, 2.05) is 185 Å². The van der Waals surface area contributed by atoms with Gasteiger partial charge in [0, 0.05) is 22.5 Å². The third kappa shape index (κ3) is 7.64. The molecular formula is C48H40N4O2. The van der Waals surface area contributed by atoms with Gasteiger partial charge in [-0.2, -0.15) is 0 Å². The van der Waals surface area contributed by atoms with Crippen molar-refractivity contribution in [3.05, 3.63) is 191 Å². The van der Waals surface area contributed by atoms with Crippen molar-refractivity contribution in [1.29, 1.82) is 0 Å². The lowest BCUT2D eigenvalue weighted by Gasteiger charge is -2.19. The summed E-state index contributed by atoms with van der Waals surface area (Å²) < 4.78 is 0. The highest BCUT2D eigenvalue weighted by Gasteiger charge is 2.23. The van der Waals surface area contributed by atoms with Crippen molar-refractivity contribution in [2.24, 2.45) is 9.98 Å². The van der Waals surface area contributed by atoms with Crippen LogP contribution in [-0.2, 0) is 0 Å². The van der Waals surface area contributed by atoms with Gasteiger partial charge in [-0.15, -0.1) is 0 Å². The molecule has 0 radical (unpaired) electrons. The second-order valence-corrected chi connectivity index (χ2v) is 13.2. The van der Waals surface area contributed by atoms with E-state index in [0.29, 0.717) is 67.8 Å². The normalized spacial score (nSPS) is 16.0. The Labute approximate surface area is 316 Å². The zero-order valence-electron chi connectivity index (χ0n) is 30.7. The van der Waals surface area contributed by atoms with Gasteiger partial charge in [-0.25, -0.2) is 0 Å². The van der Waals surface area contributed by atoms with Crippen LogP contribution in [0.25, 0.3) is 22.3 Å². The summed E-state index contributed by atoms with van der Waals surface area (Å²) in [6.07, 6.45) is 0. The molecule has 1 heterocycles. The van der Waals surface area contributed by atoms with E-state index in [2.05, 4.69) is 10.6 Å². The summed E-state index contributed by atoms with van der Waals surface area (Å²) in [5.74, 6) is -0.310. The number of carbonyl (C=O) groups excluding carboxylic acids is 2. The first kappa shape index (κ1) is 35.5. The number of hydrogen-bond acceptors (Lipinski definition) is 6. The van der Waals surface area contributed by atoms with Gasteiger partial charge in [-0.3, -0.25) is 19.6 Å². The van der Waals surface area contributed by atoms with E-state index in [-0.39, 0.29) is 11.6 Å². The molecule has 0 spiro atoms. The first-order valence-corrected chi connectivity index (χ1v) is 17.9. The number of carbonyl (C=O) groups is 2. The van der Waals surface area contributed by atoms with E-state index in [9.17, 15) is 9.59 Å². The monoisotopic (exact) mass is 704 g/mol. The van der Waals surface area contributed by atoms with Crippen LogP contribution in [0.2, 0.25) is 0 Å². The van der Waals surface area contributed by atoms with Gasteiger partial charge in [0.15, 0.2) is 11.6 Å². The quantitative estimate of drug-likeness (QED) is 0.169. The number of aliphatic imine (C=N–C) groups is 2. The molecule has 7 rings (SSSR count). The third-order valence-electron chi connectivity index (χ3n) is 9.46. The van der Waals surface area contributed by atoms with Crippen LogP contribution in [0.5, 0.6) is 0 Å². The Morgan fingerprint density at radius 3 is 1.07 bits per heavy atom. The molecule has 54 heavy (non-hydrogen) atoms. The fraction of sp³-hybridized carbons (Fsp3) is 0.0833. The highest BCUT2D eigenvalue weighted by Crippen LogP contribution is 2.33. The summed E-state index contributed by atoms with van der Waals surface area (Å²) in [6.45, 7) is 7.47. The molecule has 0 bridgehead atoms. The van der Waals surface area contributed by atoms with Crippen LogP contribution in [0, 0.1) is 0 Å². The van der Waals surface area contributed by atoms with Crippen molar-refractivity contribution in [2.45, 2.75) is 27.7 Å². The lowest BCUT2D eigenvalue weighted by atomic mass is 9.95. The zero-order chi connectivity index (χ0) is 37.6. The van der Waals surface area contributed by atoms with Crippen LogP contribution >= 0.6 is 0 Å². The van der Waals surface area contributed by atoms with E-state index in [1.165, 1.54) is 0 Å². The fourth-order valence-electron chi connectivity index (χ4n) is 6.75. The van der Waals surface area contributed by atoms with Gasteiger partial charge in [0.2, 0.25) is 0 Å². The first-order chi connectivity index (χ1) is 26.3. The SMILES string of the molecule is CC1=Nc2ccccc2N/C(C)=C(/C(=O)c2ccc(-c3ccccc3)cc2)C(C)=Nc2ccccc2N/C(C)=C\1C(=O)c1ccc(-c2ccccc2)cc1. The van der Waals surface area contributed by atoms with Crippen LogP contribution in [0.15, 0.2) is 190 Å². The largest absolute Gasteiger partial charge is 0.357 e. The van der Waals surface area contributed by atoms with Crippen LogP contribution in [0.1, 0.15) is 48.4 Å². The maximum absolute atomic E-state index is 14.4. The number of rotatable bonds is 6. The van der Waals surface area contributed by atoms with Gasteiger partial charge < -0.3 is 10.6 Å². The highest BCUT2D eigenvalue weighted by molar-refractivity contribution is 6.29. The molecule has 6 nitrogen and oxygen atoms in total. The van der Waals surface area contributed by atoms with Crippen LogP contribution in [0.4, 0.5) is 22.7 Å². The molecule has 6 heteroatoms. The smallest absolute Gasteiger partial charge is 0.196 e. The zero-order valence-corrected chi connectivity index (χ0v) is 30.7. The minimum absolute atomic E-state index is 0.155. The highest BCUT2D eigenvalue weighted by atomic mass is 16.1. The predicted octanol–water partition coefficient (Wildman–Crippen LogP) is 12.1. The number of nitrogens with one attached hydrogen (secondary N) is 2. The van der Waals surface area contributed by atoms with Crippen molar-refractivity contribution in [3.8, 4) is 22.3 Å². The summed E-state index contributed by atoms with van der Waals surface area (Å²) in [6, 6.07) is 50.8. The van der Waals surface area contributed by atoms with Crippen LogP contribution in [-0.4, -0.2) is 23.0 Å². The van der Waals surface area contributed by atoms with Crippen molar-refractivity contribution >= 4 is 45.7 Å². The number of anilines is 2. The molecule has 0 atom stereocenters. The van der Waals surface area contributed by atoms with Crippen molar-refractivity contribution in [1.82, 2.24) is 0 Å². The van der Waals surface area contributed by atoms with E-state index >= 15 is 0 Å². The predicted molar refractivity (Wildman–Crippen MR) is 223 cm³/mol. The fourth-order valence-corrected chi connectivity index (χ4v) is 6.75. The minimum Gasteiger partial charge on any atom is -0.357 e. The van der Waals surface area contributed by atoms with Crippen molar-refractivity contribution in [3.63, 3.8) is 0 Å². The molecule has 6 aromatic rings. The minimum atomic E-state index is -0.155. The summed E-state index contributed by atoms with van der Waals surface area (Å²) in [5, 5.41) is 6.98. The molecule has 0 saturated heterocycles. The van der Waals surface area contributed by atoms with E-state index in [1.54, 1.807) is 0 Å². The van der Waals surface area contributed by atoms with Gasteiger partial charge in [-0.05, 0) is 74.2 Å². The summed E-state index contributed by atoms with van der Waals surface area (Å²) >= 11 is 0. The first-order valence-electron chi connectivity index (χ1n) is 17.9. The molecule has 0 unspecified atom stereocenters. The Morgan fingerprint density at radius 2 is 0.704 bits per heavy atom. The lowest BCUT2D eigenvalue weighted by molar-refractivity contribution is 0.103. The van der Waals surface area contributed by atoms with Crippen LogP contribution in [0.3, 0.4) is 0 Å². The maximum atomic E-state index is 14.4. The second-order valence-electron chi connectivity index (χ2n) is 13.2.